The molecule has 4 N–H and O–H groups in total. The SMILES string of the molecule is Nc1nc(-c2ccccc2)c(-c2cc(Cl)c3[nH]ncc3c2)nc1CCNc1cncc(S(=O)(=O)C2CC2)c1. The molecule has 0 atom stereocenters. The van der Waals surface area contributed by atoms with E-state index in [0.29, 0.717) is 59.4 Å². The van der Waals surface area contributed by atoms with Crippen LogP contribution in [0.5, 0.6) is 0 Å². The van der Waals surface area contributed by atoms with Crippen LogP contribution in [-0.2, 0) is 16.3 Å². The highest BCUT2D eigenvalue weighted by Gasteiger charge is 2.37. The van der Waals surface area contributed by atoms with E-state index in [9.17, 15) is 8.42 Å². The summed E-state index contributed by atoms with van der Waals surface area (Å²) < 4.78 is 25.2. The molecule has 0 spiro atoms. The van der Waals surface area contributed by atoms with E-state index in [1.807, 2.05) is 42.5 Å². The maximum absolute atomic E-state index is 12.6. The normalized spacial score (nSPS) is 13.6. The highest BCUT2D eigenvalue weighted by atomic mass is 35.5. The van der Waals surface area contributed by atoms with Gasteiger partial charge in [0.05, 0.1) is 55.8 Å². The summed E-state index contributed by atoms with van der Waals surface area (Å²) in [6.07, 6.45) is 6.60. The molecule has 0 aliphatic heterocycles. The van der Waals surface area contributed by atoms with Crippen molar-refractivity contribution >= 4 is 43.8 Å². The summed E-state index contributed by atoms with van der Waals surface area (Å²) in [5.74, 6) is 0.327. The summed E-state index contributed by atoms with van der Waals surface area (Å²) in [5.41, 5.74) is 11.4. The molecule has 5 aromatic rings. The van der Waals surface area contributed by atoms with Crippen LogP contribution in [0, 0.1) is 0 Å². The van der Waals surface area contributed by atoms with Crippen LogP contribution in [0.1, 0.15) is 18.5 Å². The van der Waals surface area contributed by atoms with Crippen molar-refractivity contribution in [2.75, 3.05) is 17.6 Å². The summed E-state index contributed by atoms with van der Waals surface area (Å²) in [6.45, 7) is 0.457. The zero-order valence-electron chi connectivity index (χ0n) is 20.2. The lowest BCUT2D eigenvalue weighted by molar-refractivity contribution is 0.594. The lowest BCUT2D eigenvalue weighted by Crippen LogP contribution is -2.12. The topological polar surface area (TPSA) is 140 Å². The highest BCUT2D eigenvalue weighted by molar-refractivity contribution is 7.92. The molecule has 1 aliphatic carbocycles. The van der Waals surface area contributed by atoms with Gasteiger partial charge in [0, 0.05) is 35.7 Å². The molecule has 11 heteroatoms. The van der Waals surface area contributed by atoms with Crippen LogP contribution in [0.3, 0.4) is 0 Å². The van der Waals surface area contributed by atoms with Gasteiger partial charge < -0.3 is 11.1 Å². The van der Waals surface area contributed by atoms with Crippen molar-refractivity contribution in [2.24, 2.45) is 0 Å². The highest BCUT2D eigenvalue weighted by Crippen LogP contribution is 2.35. The van der Waals surface area contributed by atoms with Gasteiger partial charge in [0.1, 0.15) is 5.82 Å². The Morgan fingerprint density at radius 2 is 1.79 bits per heavy atom. The van der Waals surface area contributed by atoms with Gasteiger partial charge in [-0.25, -0.2) is 18.4 Å². The van der Waals surface area contributed by atoms with E-state index in [1.165, 1.54) is 6.20 Å². The van der Waals surface area contributed by atoms with E-state index in [2.05, 4.69) is 20.5 Å². The molecule has 2 aromatic carbocycles. The van der Waals surface area contributed by atoms with Crippen molar-refractivity contribution in [1.82, 2.24) is 25.1 Å². The van der Waals surface area contributed by atoms with E-state index >= 15 is 0 Å². The van der Waals surface area contributed by atoms with Gasteiger partial charge in [0.25, 0.3) is 0 Å². The number of nitrogens with two attached hydrogens (primary N) is 1. The first kappa shape index (κ1) is 24.3. The Kier molecular flexibility index (Phi) is 6.21. The van der Waals surface area contributed by atoms with E-state index in [1.54, 1.807) is 18.5 Å². The van der Waals surface area contributed by atoms with Crippen molar-refractivity contribution in [3.8, 4) is 22.5 Å². The molecule has 0 amide bonds. The van der Waals surface area contributed by atoms with Crippen LogP contribution in [0.15, 0.2) is 72.0 Å². The number of fused-ring (bicyclic) bond motifs is 1. The minimum atomic E-state index is -3.32. The third-order valence-corrected chi connectivity index (χ3v) is 9.04. The first-order chi connectivity index (χ1) is 18.4. The van der Waals surface area contributed by atoms with E-state index < -0.39 is 9.84 Å². The molecule has 0 bridgehead atoms. The molecular formula is C27H24ClN7O2S. The molecule has 3 heterocycles. The molecule has 0 unspecified atom stereocenters. The largest absolute Gasteiger partial charge is 0.383 e. The molecule has 1 fully saturated rings. The van der Waals surface area contributed by atoms with E-state index in [4.69, 9.17) is 27.3 Å². The summed E-state index contributed by atoms with van der Waals surface area (Å²) in [4.78, 5) is 14.0. The molecule has 9 nitrogen and oxygen atoms in total. The lowest BCUT2D eigenvalue weighted by Gasteiger charge is -2.14. The second-order valence-electron chi connectivity index (χ2n) is 9.24. The minimum absolute atomic E-state index is 0.241. The van der Waals surface area contributed by atoms with Crippen LogP contribution >= 0.6 is 11.6 Å². The number of nitrogens with zero attached hydrogens (tertiary/aromatic N) is 4. The van der Waals surface area contributed by atoms with Crippen molar-refractivity contribution in [3.63, 3.8) is 0 Å². The van der Waals surface area contributed by atoms with Crippen LogP contribution in [0.25, 0.3) is 33.4 Å². The number of nitrogen functional groups attached to an aromatic ring is 1. The molecule has 38 heavy (non-hydrogen) atoms. The van der Waals surface area contributed by atoms with Gasteiger partial charge in [-0.1, -0.05) is 41.9 Å². The van der Waals surface area contributed by atoms with Crippen LogP contribution in [-0.4, -0.2) is 45.4 Å². The minimum Gasteiger partial charge on any atom is -0.383 e. The third-order valence-electron chi connectivity index (χ3n) is 6.52. The number of hydrogen-bond donors (Lipinski definition) is 3. The Balaban J connectivity index is 1.31. The van der Waals surface area contributed by atoms with Crippen LogP contribution < -0.4 is 11.1 Å². The molecule has 0 radical (unpaired) electrons. The predicted octanol–water partition coefficient (Wildman–Crippen LogP) is 4.91. The number of aromatic nitrogens is 5. The van der Waals surface area contributed by atoms with Gasteiger partial charge in [0.2, 0.25) is 0 Å². The van der Waals surface area contributed by atoms with Crippen molar-refractivity contribution in [3.05, 3.63) is 77.8 Å². The number of H-pyrrole nitrogens is 1. The zero-order chi connectivity index (χ0) is 26.3. The zero-order valence-corrected chi connectivity index (χ0v) is 21.8. The van der Waals surface area contributed by atoms with Gasteiger partial charge in [0.15, 0.2) is 9.84 Å². The fourth-order valence-corrected chi connectivity index (χ4v) is 6.29. The molecule has 0 saturated heterocycles. The number of pyridine rings is 1. The Hall–Kier alpha value is -4.02. The van der Waals surface area contributed by atoms with Crippen LogP contribution in [0.4, 0.5) is 11.5 Å². The van der Waals surface area contributed by atoms with Gasteiger partial charge in [-0.05, 0) is 31.0 Å². The van der Waals surface area contributed by atoms with Gasteiger partial charge in [-0.2, -0.15) is 5.10 Å². The maximum Gasteiger partial charge on any atom is 0.182 e. The quantitative estimate of drug-likeness (QED) is 0.250. The lowest BCUT2D eigenvalue weighted by atomic mass is 10.0. The number of sulfone groups is 1. The van der Waals surface area contributed by atoms with Gasteiger partial charge in [-0.15, -0.1) is 0 Å². The number of aromatic amines is 1. The molecule has 1 aliphatic rings. The number of benzene rings is 2. The Morgan fingerprint density at radius 3 is 2.58 bits per heavy atom. The summed E-state index contributed by atoms with van der Waals surface area (Å²) in [5, 5.41) is 11.4. The molecule has 3 aromatic heterocycles. The second-order valence-corrected chi connectivity index (χ2v) is 11.9. The molecule has 1 saturated carbocycles. The number of hydrogen-bond acceptors (Lipinski definition) is 8. The number of rotatable bonds is 8. The Morgan fingerprint density at radius 1 is 1.00 bits per heavy atom. The fraction of sp³-hybridized carbons (Fsp3) is 0.185. The van der Waals surface area contributed by atoms with E-state index in [0.717, 1.165) is 22.0 Å². The van der Waals surface area contributed by atoms with Gasteiger partial charge in [-0.3, -0.25) is 10.1 Å². The standard InChI is InChI=1S/C27H24ClN7O2S/c28-22-11-17(10-18-13-32-35-24(18)22)26-25(16-4-2-1-3-5-16)34-27(29)23(33-26)8-9-31-19-12-21(15-30-14-19)38(36,37)20-6-7-20/h1-5,10-15,20,31H,6-9H2,(H2,29,34)(H,32,35). The number of nitrogens with one attached hydrogen (secondary N) is 2. The smallest absolute Gasteiger partial charge is 0.182 e. The number of anilines is 2. The van der Waals surface area contributed by atoms with Gasteiger partial charge >= 0.3 is 0 Å². The summed E-state index contributed by atoms with van der Waals surface area (Å²) in [7, 11) is -3.32. The molecule has 6 rings (SSSR count). The average Bonchev–Trinajstić information content (AvgIpc) is 3.68. The first-order valence-corrected chi connectivity index (χ1v) is 14.1. The summed E-state index contributed by atoms with van der Waals surface area (Å²) >= 11 is 6.54. The average molecular weight is 546 g/mol. The monoisotopic (exact) mass is 545 g/mol. The Bertz CT molecular complexity index is 1750. The van der Waals surface area contributed by atoms with Crippen molar-refractivity contribution < 1.29 is 8.42 Å². The third kappa shape index (κ3) is 4.68. The van der Waals surface area contributed by atoms with Crippen molar-refractivity contribution in [1.29, 1.82) is 0 Å². The predicted molar refractivity (Wildman–Crippen MR) is 149 cm³/mol. The van der Waals surface area contributed by atoms with Crippen molar-refractivity contribution in [2.45, 2.75) is 29.4 Å². The van der Waals surface area contributed by atoms with E-state index in [-0.39, 0.29) is 10.1 Å². The number of halogens is 1. The van der Waals surface area contributed by atoms with Crippen LogP contribution in [0.2, 0.25) is 5.02 Å². The maximum atomic E-state index is 12.6. The molecule has 192 valence electrons. The Labute approximate surface area is 224 Å². The molecular weight excluding hydrogens is 522 g/mol. The summed E-state index contributed by atoms with van der Waals surface area (Å²) in [6, 6.07) is 15.2. The fourth-order valence-electron chi connectivity index (χ4n) is 4.38. The second kappa shape index (κ2) is 9.70. The first-order valence-electron chi connectivity index (χ1n) is 12.2.